The van der Waals surface area contributed by atoms with Crippen LogP contribution in [0, 0.1) is 3.57 Å². The van der Waals surface area contributed by atoms with Gasteiger partial charge in [-0.15, -0.1) is 0 Å². The molecule has 0 atom stereocenters. The van der Waals surface area contributed by atoms with E-state index in [1.807, 2.05) is 61.5 Å². The summed E-state index contributed by atoms with van der Waals surface area (Å²) in [6.07, 6.45) is 1.54. The molecule has 9 heteroatoms. The summed E-state index contributed by atoms with van der Waals surface area (Å²) in [5.74, 6) is 0.967. The summed E-state index contributed by atoms with van der Waals surface area (Å²) in [7, 11) is 0. The number of halogens is 3. The summed E-state index contributed by atoms with van der Waals surface area (Å²) in [6, 6.07) is 19.0. The molecule has 1 amide bonds. The molecule has 3 aromatic carbocycles. The number of hydrogen-bond acceptors (Lipinski definition) is 5. The van der Waals surface area contributed by atoms with E-state index in [1.54, 1.807) is 12.3 Å². The van der Waals surface area contributed by atoms with Gasteiger partial charge in [0.25, 0.3) is 0 Å². The minimum atomic E-state index is -0.446. The maximum atomic E-state index is 12.5. The lowest BCUT2D eigenvalue weighted by Gasteiger charge is -2.12. The molecule has 0 unspecified atom stereocenters. The van der Waals surface area contributed by atoms with E-state index in [4.69, 9.17) is 13.9 Å². The number of rotatable bonds is 8. The Bertz CT molecular complexity index is 1350. The molecular formula is C25H19Br2IN2O4. The maximum absolute atomic E-state index is 12.5. The maximum Gasteiger partial charge on any atom is 0.307 e. The zero-order valence-electron chi connectivity index (χ0n) is 18.0. The van der Waals surface area contributed by atoms with Gasteiger partial charge in [0.1, 0.15) is 12.2 Å². The molecule has 174 valence electrons. The Morgan fingerprint density at radius 1 is 1.06 bits per heavy atom. The highest BCUT2D eigenvalue weighted by Gasteiger charge is 2.14. The van der Waals surface area contributed by atoms with Gasteiger partial charge < -0.3 is 13.9 Å². The number of ether oxygens (including phenoxy) is 2. The molecule has 0 spiro atoms. The van der Waals surface area contributed by atoms with Crippen molar-refractivity contribution < 1.29 is 18.7 Å². The van der Waals surface area contributed by atoms with Crippen LogP contribution in [0.25, 0.3) is 11.0 Å². The van der Waals surface area contributed by atoms with Crippen molar-refractivity contribution in [2.24, 2.45) is 5.10 Å². The van der Waals surface area contributed by atoms with Gasteiger partial charge in [-0.05, 0) is 105 Å². The third-order valence-electron chi connectivity index (χ3n) is 4.71. The van der Waals surface area contributed by atoms with Crippen molar-refractivity contribution >= 4 is 77.5 Å². The molecule has 0 fully saturated rings. The second-order valence-electron chi connectivity index (χ2n) is 7.17. The quantitative estimate of drug-likeness (QED) is 0.119. The largest absolute Gasteiger partial charge is 0.490 e. The number of fused-ring (bicyclic) bond motifs is 1. The highest BCUT2D eigenvalue weighted by atomic mass is 127. The van der Waals surface area contributed by atoms with Gasteiger partial charge >= 0.3 is 5.91 Å². The topological polar surface area (TPSA) is 73.1 Å². The van der Waals surface area contributed by atoms with Gasteiger partial charge in [0, 0.05) is 13.4 Å². The van der Waals surface area contributed by atoms with Crippen LogP contribution in [0.5, 0.6) is 11.5 Å². The standard InChI is InChI=1S/C25H19Br2IN2O4/c1-2-32-22-9-16(5-8-21(22)33-14-15-3-6-19(28)7-4-15)13-29-30-25(31)23-11-17-10-18(26)12-20(27)24(17)34-23/h3-13H,2,14H2,1H3,(H,30,31)/b29-13-. The highest BCUT2D eigenvalue weighted by Crippen LogP contribution is 2.31. The molecule has 1 heterocycles. The van der Waals surface area contributed by atoms with Gasteiger partial charge in [0.15, 0.2) is 17.3 Å². The van der Waals surface area contributed by atoms with Crippen LogP contribution in [0.3, 0.4) is 0 Å². The van der Waals surface area contributed by atoms with Crippen molar-refractivity contribution in [3.8, 4) is 11.5 Å². The zero-order valence-corrected chi connectivity index (χ0v) is 23.3. The fourth-order valence-corrected chi connectivity index (χ4v) is 4.84. The van der Waals surface area contributed by atoms with E-state index in [-0.39, 0.29) is 5.76 Å². The van der Waals surface area contributed by atoms with E-state index in [2.05, 4.69) is 65.0 Å². The van der Waals surface area contributed by atoms with Gasteiger partial charge in [-0.2, -0.15) is 5.10 Å². The Kier molecular flexibility index (Phi) is 8.28. The van der Waals surface area contributed by atoms with E-state index in [0.717, 1.165) is 25.5 Å². The first kappa shape index (κ1) is 24.7. The van der Waals surface area contributed by atoms with Crippen LogP contribution in [0.2, 0.25) is 0 Å². The molecule has 0 aliphatic heterocycles. The third-order valence-corrected chi connectivity index (χ3v) is 6.48. The number of nitrogens with zero attached hydrogens (tertiary/aromatic N) is 1. The van der Waals surface area contributed by atoms with E-state index in [0.29, 0.717) is 30.3 Å². The molecule has 0 saturated heterocycles. The second-order valence-corrected chi connectivity index (χ2v) is 10.2. The summed E-state index contributed by atoms with van der Waals surface area (Å²) < 4.78 is 20.2. The van der Waals surface area contributed by atoms with Crippen molar-refractivity contribution in [2.75, 3.05) is 6.61 Å². The number of furan rings is 1. The number of amides is 1. The Hall–Kier alpha value is -2.37. The molecule has 0 radical (unpaired) electrons. The third kappa shape index (κ3) is 6.19. The first-order chi connectivity index (χ1) is 16.4. The van der Waals surface area contributed by atoms with Crippen LogP contribution >= 0.6 is 54.5 Å². The van der Waals surface area contributed by atoms with Gasteiger partial charge in [0.2, 0.25) is 0 Å². The summed E-state index contributed by atoms with van der Waals surface area (Å²) in [4.78, 5) is 12.5. The van der Waals surface area contributed by atoms with E-state index in [9.17, 15) is 4.79 Å². The number of hydrogen-bond donors (Lipinski definition) is 1. The smallest absolute Gasteiger partial charge is 0.307 e. The Morgan fingerprint density at radius 3 is 2.62 bits per heavy atom. The monoisotopic (exact) mass is 696 g/mol. The summed E-state index contributed by atoms with van der Waals surface area (Å²) in [6.45, 7) is 2.84. The zero-order chi connectivity index (χ0) is 24.1. The predicted molar refractivity (Wildman–Crippen MR) is 148 cm³/mol. The normalized spacial score (nSPS) is 11.2. The molecule has 0 aliphatic carbocycles. The second kappa shape index (κ2) is 11.4. The van der Waals surface area contributed by atoms with Crippen molar-refractivity contribution in [3.63, 3.8) is 0 Å². The lowest BCUT2D eigenvalue weighted by Crippen LogP contribution is -2.16. The fraction of sp³-hybridized carbons (Fsp3) is 0.120. The molecule has 34 heavy (non-hydrogen) atoms. The van der Waals surface area contributed by atoms with Gasteiger partial charge in [-0.25, -0.2) is 5.43 Å². The molecule has 0 aliphatic rings. The minimum Gasteiger partial charge on any atom is -0.490 e. The molecule has 6 nitrogen and oxygen atoms in total. The van der Waals surface area contributed by atoms with Crippen molar-refractivity contribution in [1.29, 1.82) is 0 Å². The molecular weight excluding hydrogens is 679 g/mol. The van der Waals surface area contributed by atoms with Crippen LogP contribution in [0.15, 0.2) is 79.1 Å². The van der Waals surface area contributed by atoms with E-state index >= 15 is 0 Å². The molecule has 1 aromatic heterocycles. The minimum absolute atomic E-state index is 0.167. The molecule has 1 N–H and O–H groups in total. The van der Waals surface area contributed by atoms with Crippen molar-refractivity contribution in [1.82, 2.24) is 5.43 Å². The summed E-state index contributed by atoms with van der Waals surface area (Å²) in [5, 5.41) is 4.86. The van der Waals surface area contributed by atoms with Crippen molar-refractivity contribution in [3.05, 3.63) is 90.1 Å². The van der Waals surface area contributed by atoms with E-state index in [1.165, 1.54) is 3.57 Å². The predicted octanol–water partition coefficient (Wildman–Crippen LogP) is 7.30. The van der Waals surface area contributed by atoms with Crippen LogP contribution in [0.4, 0.5) is 0 Å². The molecule has 4 aromatic rings. The Morgan fingerprint density at radius 2 is 1.85 bits per heavy atom. The molecule has 4 rings (SSSR count). The van der Waals surface area contributed by atoms with Gasteiger partial charge in [-0.3, -0.25) is 4.79 Å². The molecule has 0 saturated carbocycles. The number of benzene rings is 3. The summed E-state index contributed by atoms with van der Waals surface area (Å²) >= 11 is 9.14. The fourth-order valence-electron chi connectivity index (χ4n) is 3.14. The van der Waals surface area contributed by atoms with Crippen LogP contribution < -0.4 is 14.9 Å². The van der Waals surface area contributed by atoms with Gasteiger partial charge in [0.05, 0.1) is 17.3 Å². The van der Waals surface area contributed by atoms with Crippen molar-refractivity contribution in [2.45, 2.75) is 13.5 Å². The number of carbonyl (C=O) groups excluding carboxylic acids is 1. The van der Waals surface area contributed by atoms with Crippen LogP contribution in [0.1, 0.15) is 28.6 Å². The lowest BCUT2D eigenvalue weighted by atomic mass is 10.2. The summed E-state index contributed by atoms with van der Waals surface area (Å²) in [5.41, 5.74) is 4.92. The number of hydrazone groups is 1. The number of nitrogens with one attached hydrogen (secondary N) is 1. The Labute approximate surface area is 227 Å². The highest BCUT2D eigenvalue weighted by molar-refractivity contribution is 14.1. The average molecular weight is 698 g/mol. The number of carbonyl (C=O) groups is 1. The first-order valence-corrected chi connectivity index (χ1v) is 13.0. The first-order valence-electron chi connectivity index (χ1n) is 10.3. The van der Waals surface area contributed by atoms with Crippen LogP contribution in [-0.2, 0) is 6.61 Å². The Balaban J connectivity index is 1.43. The van der Waals surface area contributed by atoms with Crippen LogP contribution in [-0.4, -0.2) is 18.7 Å². The lowest BCUT2D eigenvalue weighted by molar-refractivity contribution is 0.0929. The van der Waals surface area contributed by atoms with E-state index < -0.39 is 5.91 Å². The SMILES string of the molecule is CCOc1cc(/C=N\NC(=O)c2cc3cc(Br)cc(Br)c3o2)ccc1OCc1ccc(I)cc1. The molecule has 0 bridgehead atoms. The van der Waals surface area contributed by atoms with Gasteiger partial charge in [-0.1, -0.05) is 28.1 Å². The average Bonchev–Trinajstić information content (AvgIpc) is 3.24.